The zero-order chi connectivity index (χ0) is 15.7. The molecule has 1 saturated heterocycles. The normalized spacial score (nSPS) is 26.6. The van der Waals surface area contributed by atoms with E-state index in [0.29, 0.717) is 19.6 Å². The number of likely N-dealkylation sites (tertiary alicyclic amines) is 1. The highest BCUT2D eigenvalue weighted by atomic mass is 19.4. The fourth-order valence-electron chi connectivity index (χ4n) is 3.46. The minimum absolute atomic E-state index is 0.215. The molecule has 2 rings (SSSR count). The lowest BCUT2D eigenvalue weighted by Crippen LogP contribution is -2.56. The molecule has 1 aliphatic heterocycles. The molecule has 0 unspecified atom stereocenters. The first-order valence-corrected chi connectivity index (χ1v) is 6.97. The molecule has 0 amide bonds. The summed E-state index contributed by atoms with van der Waals surface area (Å²) in [7, 11) is 1.47. The minimum atomic E-state index is -4.61. The van der Waals surface area contributed by atoms with Gasteiger partial charge >= 0.3 is 6.36 Å². The lowest BCUT2D eigenvalue weighted by molar-refractivity contribution is -0.346. The molecule has 0 N–H and O–H groups in total. The van der Waals surface area contributed by atoms with Crippen molar-refractivity contribution in [1.82, 2.24) is 4.90 Å². The molecule has 0 aromatic rings. The summed E-state index contributed by atoms with van der Waals surface area (Å²) in [5.74, 6) is -2.64. The molecule has 21 heavy (non-hydrogen) atoms. The maximum absolute atomic E-state index is 13.1. The van der Waals surface area contributed by atoms with Crippen LogP contribution in [0, 0.1) is 5.41 Å². The van der Waals surface area contributed by atoms with Crippen LogP contribution in [-0.4, -0.2) is 56.6 Å². The van der Waals surface area contributed by atoms with Gasteiger partial charge in [0, 0.05) is 45.0 Å². The van der Waals surface area contributed by atoms with E-state index in [9.17, 15) is 22.0 Å². The van der Waals surface area contributed by atoms with Crippen molar-refractivity contribution >= 4 is 0 Å². The van der Waals surface area contributed by atoms with Crippen molar-refractivity contribution < 1.29 is 31.4 Å². The second kappa shape index (κ2) is 5.96. The predicted molar refractivity (Wildman–Crippen MR) is 65.1 cm³/mol. The van der Waals surface area contributed by atoms with Gasteiger partial charge in [0.2, 0.25) is 5.92 Å². The van der Waals surface area contributed by atoms with E-state index >= 15 is 0 Å². The van der Waals surface area contributed by atoms with E-state index in [-0.39, 0.29) is 32.3 Å². The number of hydrogen-bond donors (Lipinski definition) is 0. The van der Waals surface area contributed by atoms with Gasteiger partial charge in [-0.2, -0.15) is 0 Å². The first kappa shape index (κ1) is 16.9. The highest BCUT2D eigenvalue weighted by molar-refractivity contribution is 5.01. The Labute approximate surface area is 120 Å². The molecule has 0 spiro atoms. The molecular weight excluding hydrogens is 297 g/mol. The molecule has 0 aromatic heterocycles. The van der Waals surface area contributed by atoms with E-state index in [1.807, 2.05) is 4.90 Å². The van der Waals surface area contributed by atoms with E-state index in [4.69, 9.17) is 4.74 Å². The SMILES string of the molecule is COCC1(CN2CCC(OC(F)(F)F)CC2)CC(F)(F)C1. The lowest BCUT2D eigenvalue weighted by atomic mass is 9.66. The van der Waals surface area contributed by atoms with Crippen molar-refractivity contribution in [2.75, 3.05) is 33.4 Å². The van der Waals surface area contributed by atoms with Gasteiger partial charge in [-0.25, -0.2) is 8.78 Å². The van der Waals surface area contributed by atoms with Crippen LogP contribution in [-0.2, 0) is 9.47 Å². The summed E-state index contributed by atoms with van der Waals surface area (Å²) in [6.45, 7) is 1.55. The van der Waals surface area contributed by atoms with Crippen LogP contribution in [0.25, 0.3) is 0 Å². The van der Waals surface area contributed by atoms with Crippen molar-refractivity contribution in [2.45, 2.75) is 44.1 Å². The van der Waals surface area contributed by atoms with E-state index in [2.05, 4.69) is 4.74 Å². The topological polar surface area (TPSA) is 21.7 Å². The Morgan fingerprint density at radius 2 is 1.71 bits per heavy atom. The van der Waals surface area contributed by atoms with Crippen LogP contribution < -0.4 is 0 Å². The second-order valence-electron chi connectivity index (χ2n) is 6.18. The van der Waals surface area contributed by atoms with Gasteiger partial charge in [0.25, 0.3) is 0 Å². The second-order valence-corrected chi connectivity index (χ2v) is 6.18. The van der Waals surface area contributed by atoms with E-state index in [1.165, 1.54) is 7.11 Å². The molecule has 1 heterocycles. The van der Waals surface area contributed by atoms with Crippen molar-refractivity contribution in [3.8, 4) is 0 Å². The summed E-state index contributed by atoms with van der Waals surface area (Å²) in [4.78, 5) is 1.94. The van der Waals surface area contributed by atoms with E-state index < -0.39 is 23.8 Å². The Kier molecular flexibility index (Phi) is 4.80. The number of hydrogen-bond acceptors (Lipinski definition) is 3. The minimum Gasteiger partial charge on any atom is -0.384 e. The summed E-state index contributed by atoms with van der Waals surface area (Å²) in [6.07, 6.45) is -5.35. The van der Waals surface area contributed by atoms with Crippen LogP contribution in [0.4, 0.5) is 22.0 Å². The molecule has 2 fully saturated rings. The van der Waals surface area contributed by atoms with Crippen LogP contribution in [0.15, 0.2) is 0 Å². The molecule has 1 saturated carbocycles. The highest BCUT2D eigenvalue weighted by Gasteiger charge is 2.57. The van der Waals surface area contributed by atoms with Crippen LogP contribution in [0.2, 0.25) is 0 Å². The molecule has 0 atom stereocenters. The van der Waals surface area contributed by atoms with Crippen molar-refractivity contribution in [1.29, 1.82) is 0 Å². The van der Waals surface area contributed by atoms with Crippen molar-refractivity contribution in [3.05, 3.63) is 0 Å². The fourth-order valence-corrected chi connectivity index (χ4v) is 3.46. The molecule has 2 aliphatic rings. The predicted octanol–water partition coefficient (Wildman–Crippen LogP) is 3.05. The van der Waals surface area contributed by atoms with Gasteiger partial charge in [-0.3, -0.25) is 4.74 Å². The zero-order valence-electron chi connectivity index (χ0n) is 11.9. The Morgan fingerprint density at radius 3 is 2.14 bits per heavy atom. The Hall–Kier alpha value is -0.470. The Balaban J connectivity index is 1.80. The van der Waals surface area contributed by atoms with Crippen molar-refractivity contribution in [3.63, 3.8) is 0 Å². The van der Waals surface area contributed by atoms with Gasteiger partial charge in [-0.1, -0.05) is 0 Å². The molecule has 1 aliphatic carbocycles. The third-order valence-corrected chi connectivity index (χ3v) is 4.11. The summed E-state index contributed by atoms with van der Waals surface area (Å²) >= 11 is 0. The number of piperidine rings is 1. The molecule has 0 aromatic carbocycles. The molecule has 0 radical (unpaired) electrons. The van der Waals surface area contributed by atoms with Gasteiger partial charge in [0.15, 0.2) is 0 Å². The maximum atomic E-state index is 13.1. The highest BCUT2D eigenvalue weighted by Crippen LogP contribution is 2.52. The Bertz CT molecular complexity index is 345. The standard InChI is InChI=1S/C13H20F5NO2/c1-20-9-11(6-12(14,15)7-11)8-19-4-2-10(3-5-19)21-13(16,17)18/h10H,2-9H2,1H3. The van der Waals surface area contributed by atoms with E-state index in [0.717, 1.165) is 0 Å². The number of rotatable bonds is 5. The number of halogens is 5. The largest absolute Gasteiger partial charge is 0.522 e. The van der Waals surface area contributed by atoms with Crippen LogP contribution in [0.3, 0.4) is 0 Å². The smallest absolute Gasteiger partial charge is 0.384 e. The summed E-state index contributed by atoms with van der Waals surface area (Å²) in [6, 6.07) is 0. The molecule has 8 heteroatoms. The average Bonchev–Trinajstić information content (AvgIpc) is 2.27. The van der Waals surface area contributed by atoms with Gasteiger partial charge in [0.1, 0.15) is 0 Å². The van der Waals surface area contributed by atoms with Gasteiger partial charge in [0.05, 0.1) is 12.7 Å². The van der Waals surface area contributed by atoms with Crippen LogP contribution in [0.5, 0.6) is 0 Å². The summed E-state index contributed by atoms with van der Waals surface area (Å²) < 4.78 is 71.7. The monoisotopic (exact) mass is 317 g/mol. The number of ether oxygens (including phenoxy) is 2. The summed E-state index contributed by atoms with van der Waals surface area (Å²) in [5.41, 5.74) is -0.573. The third-order valence-electron chi connectivity index (χ3n) is 4.11. The number of alkyl halides is 5. The number of nitrogens with zero attached hydrogens (tertiary/aromatic N) is 1. The molecule has 0 bridgehead atoms. The van der Waals surface area contributed by atoms with Gasteiger partial charge in [-0.15, -0.1) is 13.2 Å². The van der Waals surface area contributed by atoms with Crippen LogP contribution >= 0.6 is 0 Å². The molecule has 124 valence electrons. The zero-order valence-corrected chi connectivity index (χ0v) is 11.9. The first-order valence-electron chi connectivity index (χ1n) is 6.97. The fraction of sp³-hybridized carbons (Fsp3) is 1.00. The summed E-state index contributed by atoms with van der Waals surface area (Å²) in [5, 5.41) is 0. The Morgan fingerprint density at radius 1 is 1.14 bits per heavy atom. The quantitative estimate of drug-likeness (QED) is 0.728. The van der Waals surface area contributed by atoms with Crippen molar-refractivity contribution in [2.24, 2.45) is 5.41 Å². The van der Waals surface area contributed by atoms with Gasteiger partial charge < -0.3 is 9.64 Å². The first-order chi connectivity index (χ1) is 9.63. The number of methoxy groups -OCH3 is 1. The lowest BCUT2D eigenvalue weighted by Gasteiger charge is -2.50. The molecule has 3 nitrogen and oxygen atoms in total. The third kappa shape index (κ3) is 4.75. The van der Waals surface area contributed by atoms with E-state index in [1.54, 1.807) is 0 Å². The molecular formula is C13H20F5NO2. The van der Waals surface area contributed by atoms with Crippen LogP contribution in [0.1, 0.15) is 25.7 Å². The average molecular weight is 317 g/mol. The van der Waals surface area contributed by atoms with Gasteiger partial charge in [-0.05, 0) is 12.8 Å². The maximum Gasteiger partial charge on any atom is 0.522 e.